The summed E-state index contributed by atoms with van der Waals surface area (Å²) in [6, 6.07) is 3.68. The summed E-state index contributed by atoms with van der Waals surface area (Å²) in [6.45, 7) is 6.87. The van der Waals surface area contributed by atoms with Crippen LogP contribution in [0.4, 0.5) is 0 Å². The Balaban J connectivity index is 2.07. The molecule has 0 fully saturated rings. The Morgan fingerprint density at radius 3 is 2.52 bits per heavy atom. The first kappa shape index (κ1) is 17.0. The number of aryl methyl sites for hydroxylation is 1. The second-order valence-corrected chi connectivity index (χ2v) is 8.61. The first-order chi connectivity index (χ1) is 10.3. The molecule has 21 heavy (non-hydrogen) atoms. The van der Waals surface area contributed by atoms with Crippen molar-refractivity contribution in [2.45, 2.75) is 65.3 Å². The molecule has 2 aromatic rings. The van der Waals surface area contributed by atoms with E-state index in [9.17, 15) is 0 Å². The number of rotatable bonds is 9. The molecule has 2 rings (SSSR count). The number of hydrogen-bond acceptors (Lipinski definition) is 2. The van der Waals surface area contributed by atoms with Crippen LogP contribution in [0.3, 0.4) is 0 Å². The van der Waals surface area contributed by atoms with E-state index < -0.39 is 0 Å². The van der Waals surface area contributed by atoms with Crippen molar-refractivity contribution >= 4 is 37.4 Å². The lowest BCUT2D eigenvalue weighted by molar-refractivity contribution is 0.701. The molecule has 2 aromatic heterocycles. The summed E-state index contributed by atoms with van der Waals surface area (Å²) in [4.78, 5) is 3.08. The highest BCUT2D eigenvalue weighted by atomic mass is 32.1. The van der Waals surface area contributed by atoms with Gasteiger partial charge in [0.2, 0.25) is 0 Å². The summed E-state index contributed by atoms with van der Waals surface area (Å²) >= 11 is 3.89. The minimum atomic E-state index is 1.01. The lowest BCUT2D eigenvalue weighted by atomic mass is 10.1. The third-order valence-electron chi connectivity index (χ3n) is 3.93. The van der Waals surface area contributed by atoms with Crippen LogP contribution in [0, 0.1) is 0 Å². The molecule has 0 aromatic carbocycles. The highest BCUT2D eigenvalue weighted by Gasteiger charge is 2.15. The predicted molar refractivity (Wildman–Crippen MR) is 101 cm³/mol. The van der Waals surface area contributed by atoms with Gasteiger partial charge in [-0.1, -0.05) is 52.5 Å². The minimum absolute atomic E-state index is 1.01. The van der Waals surface area contributed by atoms with E-state index in [4.69, 9.17) is 0 Å². The average Bonchev–Trinajstić information content (AvgIpc) is 3.12. The Labute approximate surface area is 140 Å². The quantitative estimate of drug-likeness (QED) is 0.394. The maximum absolute atomic E-state index is 2.44. The van der Waals surface area contributed by atoms with E-state index in [0.29, 0.717) is 0 Å². The Morgan fingerprint density at radius 2 is 1.81 bits per heavy atom. The molecule has 0 aliphatic rings. The smallest absolute Gasteiger partial charge is 0.0823 e. The molecule has 0 saturated carbocycles. The predicted octanol–water partition coefficient (Wildman–Crippen LogP) is 5.93. The fourth-order valence-corrected chi connectivity index (χ4v) is 6.74. The third-order valence-corrected chi connectivity index (χ3v) is 7.71. The maximum Gasteiger partial charge on any atom is 0.0823 e. The van der Waals surface area contributed by atoms with Gasteiger partial charge in [0.1, 0.15) is 0 Å². The van der Waals surface area contributed by atoms with E-state index >= 15 is 0 Å². The topological polar surface area (TPSA) is 0 Å². The number of hydrogen-bond donors (Lipinski definition) is 0. The van der Waals surface area contributed by atoms with Gasteiger partial charge in [0.05, 0.1) is 9.52 Å². The fourth-order valence-electron chi connectivity index (χ4n) is 2.66. The lowest BCUT2D eigenvalue weighted by Gasteiger charge is -2.05. The fraction of sp³-hybridized carbons (Fsp3) is 0.556. The monoisotopic (exact) mass is 334 g/mol. The van der Waals surface area contributed by atoms with Crippen molar-refractivity contribution in [3.05, 3.63) is 28.0 Å². The molecule has 0 N–H and O–H groups in total. The van der Waals surface area contributed by atoms with Crippen LogP contribution in [0.5, 0.6) is 0 Å². The maximum atomic E-state index is 2.44. The Hall–Kier alpha value is -0.383. The highest BCUT2D eigenvalue weighted by Crippen LogP contribution is 2.36. The van der Waals surface area contributed by atoms with Gasteiger partial charge in [-0.2, -0.15) is 0 Å². The molecule has 0 atom stereocenters. The highest BCUT2D eigenvalue weighted by molar-refractivity contribution is 7.21. The van der Waals surface area contributed by atoms with Gasteiger partial charge in [0.25, 0.3) is 0 Å². The van der Waals surface area contributed by atoms with Crippen molar-refractivity contribution in [2.75, 3.05) is 0 Å². The van der Waals surface area contributed by atoms with Crippen LogP contribution < -0.4 is 5.19 Å². The van der Waals surface area contributed by atoms with Crippen LogP contribution in [-0.2, 0) is 12.8 Å². The van der Waals surface area contributed by atoms with Crippen molar-refractivity contribution in [3.8, 4) is 9.75 Å². The van der Waals surface area contributed by atoms with Crippen LogP contribution in [-0.4, -0.2) is 9.52 Å². The number of unbranched alkanes of at least 4 members (excludes halogenated alkanes) is 3. The normalized spacial score (nSPS) is 11.2. The van der Waals surface area contributed by atoms with E-state index in [2.05, 4.69) is 37.6 Å². The molecular weight excluding hydrogens is 308 g/mol. The van der Waals surface area contributed by atoms with Gasteiger partial charge in [-0.3, -0.25) is 0 Å². The van der Waals surface area contributed by atoms with E-state index in [1.165, 1.54) is 48.6 Å². The average molecular weight is 335 g/mol. The summed E-state index contributed by atoms with van der Waals surface area (Å²) < 4.78 is 0. The van der Waals surface area contributed by atoms with Crippen molar-refractivity contribution < 1.29 is 0 Å². The Morgan fingerprint density at radius 1 is 0.952 bits per heavy atom. The molecule has 0 amide bonds. The van der Waals surface area contributed by atoms with E-state index in [1.807, 2.05) is 22.7 Å². The van der Waals surface area contributed by atoms with E-state index in [-0.39, 0.29) is 0 Å². The summed E-state index contributed by atoms with van der Waals surface area (Å²) in [5.74, 6) is 0. The van der Waals surface area contributed by atoms with Crippen LogP contribution in [0.2, 0.25) is 6.04 Å². The number of thiophene rings is 2. The van der Waals surface area contributed by atoms with Gasteiger partial charge in [-0.05, 0) is 46.0 Å². The van der Waals surface area contributed by atoms with Crippen LogP contribution in [0.25, 0.3) is 9.75 Å². The van der Waals surface area contributed by atoms with Crippen molar-refractivity contribution in [2.24, 2.45) is 0 Å². The summed E-state index contributed by atoms with van der Waals surface area (Å²) in [6.07, 6.45) is 7.87. The molecule has 0 saturated heterocycles. The van der Waals surface area contributed by atoms with Gasteiger partial charge in [-0.25, -0.2) is 0 Å². The molecule has 2 radical (unpaired) electrons. The van der Waals surface area contributed by atoms with E-state index in [0.717, 1.165) is 15.9 Å². The first-order valence-corrected chi connectivity index (χ1v) is 11.2. The Bertz CT molecular complexity index is 539. The molecule has 0 nitrogen and oxygen atoms in total. The van der Waals surface area contributed by atoms with Gasteiger partial charge in [0, 0.05) is 9.75 Å². The molecule has 0 aliphatic heterocycles. The van der Waals surface area contributed by atoms with E-state index in [1.54, 1.807) is 15.6 Å². The van der Waals surface area contributed by atoms with Crippen LogP contribution in [0.15, 0.2) is 16.8 Å². The molecule has 114 valence electrons. The zero-order chi connectivity index (χ0) is 15.1. The molecule has 0 unspecified atom stereocenters. The minimum Gasteiger partial charge on any atom is -0.143 e. The molecule has 3 heteroatoms. The van der Waals surface area contributed by atoms with Crippen molar-refractivity contribution in [1.82, 2.24) is 0 Å². The zero-order valence-corrected chi connectivity index (χ0v) is 16.1. The zero-order valence-electron chi connectivity index (χ0n) is 13.5. The Kier molecular flexibility index (Phi) is 7.21. The van der Waals surface area contributed by atoms with Gasteiger partial charge in [0.15, 0.2) is 0 Å². The second-order valence-electron chi connectivity index (χ2n) is 5.43. The molecular formula is C18H26S2Si. The molecule has 0 aliphatic carbocycles. The SMILES string of the molecule is CCCCCC[Si]c1csc(-c2sccc2CC)c1CC. The van der Waals surface area contributed by atoms with Crippen LogP contribution in [0.1, 0.15) is 57.6 Å². The summed E-state index contributed by atoms with van der Waals surface area (Å²) in [5, 5.41) is 6.33. The summed E-state index contributed by atoms with van der Waals surface area (Å²) in [7, 11) is 1.01. The van der Waals surface area contributed by atoms with Gasteiger partial charge in [-0.15, -0.1) is 22.7 Å². The van der Waals surface area contributed by atoms with Crippen molar-refractivity contribution in [3.63, 3.8) is 0 Å². The first-order valence-electron chi connectivity index (χ1n) is 8.22. The van der Waals surface area contributed by atoms with Gasteiger partial charge >= 0.3 is 0 Å². The van der Waals surface area contributed by atoms with Crippen molar-refractivity contribution in [1.29, 1.82) is 0 Å². The molecule has 0 bridgehead atoms. The molecule has 2 heterocycles. The lowest BCUT2D eigenvalue weighted by Crippen LogP contribution is -2.16. The summed E-state index contributed by atoms with van der Waals surface area (Å²) in [5.41, 5.74) is 3.15. The van der Waals surface area contributed by atoms with Crippen LogP contribution >= 0.6 is 22.7 Å². The second kappa shape index (κ2) is 8.91. The third kappa shape index (κ3) is 4.30. The van der Waals surface area contributed by atoms with Gasteiger partial charge < -0.3 is 0 Å². The largest absolute Gasteiger partial charge is 0.143 e. The standard InChI is InChI=1S/C18H26S2Si/c1-4-7-8-9-12-21-16-13-20-18(15(16)6-3)17-14(5-2)10-11-19-17/h10-11,13H,4-9,12H2,1-3H3. The molecule has 0 spiro atoms.